The Balaban J connectivity index is 1.15. The maximum absolute atomic E-state index is 16.3. The first kappa shape index (κ1) is 27.8. The Labute approximate surface area is 233 Å². The van der Waals surface area contributed by atoms with Crippen LogP contribution in [0.4, 0.5) is 8.78 Å². The van der Waals surface area contributed by atoms with Crippen LogP contribution in [0.5, 0.6) is 0 Å². The van der Waals surface area contributed by atoms with E-state index >= 15 is 4.39 Å². The Morgan fingerprint density at radius 3 is 2.33 bits per heavy atom. The third-order valence-corrected chi connectivity index (χ3v) is 12.2. The molecule has 5 aliphatic rings. The van der Waals surface area contributed by atoms with E-state index in [4.69, 9.17) is 9.47 Å². The van der Waals surface area contributed by atoms with E-state index in [1.807, 2.05) is 13.8 Å². The fourth-order valence-corrected chi connectivity index (χ4v) is 10.2. The normalized spacial score (nSPS) is 42.4. The average molecular weight is 543 g/mol. The van der Waals surface area contributed by atoms with Gasteiger partial charge in [-0.1, -0.05) is 45.7 Å². The van der Waals surface area contributed by atoms with E-state index in [1.165, 1.54) is 30.5 Å². The summed E-state index contributed by atoms with van der Waals surface area (Å²) in [5.41, 5.74) is 2.19. The number of rotatable bonds is 6. The van der Waals surface area contributed by atoms with Crippen LogP contribution in [0.2, 0.25) is 0 Å². The summed E-state index contributed by atoms with van der Waals surface area (Å²) in [5, 5.41) is 10.6. The molecule has 1 unspecified atom stereocenters. The highest BCUT2D eigenvalue weighted by atomic mass is 19.1. The van der Waals surface area contributed by atoms with Gasteiger partial charge in [0.25, 0.3) is 0 Å². The number of halogens is 2. The van der Waals surface area contributed by atoms with E-state index in [0.717, 1.165) is 44.1 Å². The molecule has 4 aliphatic carbocycles. The highest BCUT2D eigenvalue weighted by Gasteiger charge is 2.63. The van der Waals surface area contributed by atoms with Crippen LogP contribution < -0.4 is 0 Å². The number of benzene rings is 1. The van der Waals surface area contributed by atoms with Crippen LogP contribution in [0, 0.1) is 46.2 Å². The van der Waals surface area contributed by atoms with Crippen molar-refractivity contribution in [2.24, 2.45) is 40.4 Å². The zero-order chi connectivity index (χ0) is 27.7. The van der Waals surface area contributed by atoms with Crippen LogP contribution in [0.3, 0.4) is 0 Å². The van der Waals surface area contributed by atoms with Gasteiger partial charge in [-0.25, -0.2) is 8.78 Å². The van der Waals surface area contributed by atoms with E-state index < -0.39 is 11.9 Å². The number of aliphatic hydroxyl groups is 1. The summed E-state index contributed by atoms with van der Waals surface area (Å²) in [6.45, 7) is 11.3. The van der Waals surface area contributed by atoms with Crippen LogP contribution in [-0.2, 0) is 9.47 Å². The quantitative estimate of drug-likeness (QED) is 0.391. The summed E-state index contributed by atoms with van der Waals surface area (Å²) in [6.07, 6.45) is 9.38. The van der Waals surface area contributed by atoms with Gasteiger partial charge in [-0.15, -0.1) is 0 Å². The van der Waals surface area contributed by atoms with Crippen LogP contribution in [0.1, 0.15) is 110 Å². The van der Waals surface area contributed by atoms with E-state index in [1.54, 1.807) is 12.1 Å². The molecule has 1 aromatic rings. The SMILES string of the molecule is C[C@H](CCCC(O)c1ccc(F)cc1)[C@H]1CC[C@H]2C3=C(F)C[C@H]4[C@H]5OC(C)(C)O[C@H]5CC[C@]4(C)[C@H]3CC[C@]12C. The molecule has 5 heteroatoms. The zero-order valence-electron chi connectivity index (χ0n) is 24.5. The molecular weight excluding hydrogens is 494 g/mol. The first-order valence-electron chi connectivity index (χ1n) is 15.6. The zero-order valence-corrected chi connectivity index (χ0v) is 24.5. The van der Waals surface area contributed by atoms with Crippen molar-refractivity contribution in [3.05, 3.63) is 47.0 Å². The maximum atomic E-state index is 16.3. The minimum Gasteiger partial charge on any atom is -0.388 e. The molecule has 39 heavy (non-hydrogen) atoms. The Morgan fingerprint density at radius 2 is 1.59 bits per heavy atom. The van der Waals surface area contributed by atoms with Crippen LogP contribution in [-0.4, -0.2) is 23.1 Å². The summed E-state index contributed by atoms with van der Waals surface area (Å²) in [7, 11) is 0. The molecule has 4 fully saturated rings. The molecule has 0 radical (unpaired) electrons. The van der Waals surface area contributed by atoms with Gasteiger partial charge in [0.15, 0.2) is 5.79 Å². The molecule has 1 N–H and O–H groups in total. The molecule has 3 nitrogen and oxygen atoms in total. The van der Waals surface area contributed by atoms with Gasteiger partial charge < -0.3 is 14.6 Å². The Hall–Kier alpha value is -1.30. The van der Waals surface area contributed by atoms with Crippen molar-refractivity contribution in [1.82, 2.24) is 0 Å². The molecule has 1 aliphatic heterocycles. The van der Waals surface area contributed by atoms with Crippen LogP contribution in [0.15, 0.2) is 35.7 Å². The Morgan fingerprint density at radius 1 is 0.897 bits per heavy atom. The Kier molecular flexibility index (Phi) is 7.08. The van der Waals surface area contributed by atoms with Crippen LogP contribution >= 0.6 is 0 Å². The first-order chi connectivity index (χ1) is 18.4. The van der Waals surface area contributed by atoms with Crippen molar-refractivity contribution in [3.8, 4) is 0 Å². The monoisotopic (exact) mass is 542 g/mol. The summed E-state index contributed by atoms with van der Waals surface area (Å²) in [5.74, 6) is 1.31. The molecule has 10 atom stereocenters. The van der Waals surface area contributed by atoms with Gasteiger partial charge in [0.05, 0.1) is 18.3 Å². The van der Waals surface area contributed by atoms with Gasteiger partial charge in [-0.05, 0) is 122 Å². The van der Waals surface area contributed by atoms with Crippen molar-refractivity contribution in [2.45, 2.75) is 123 Å². The molecule has 0 amide bonds. The highest BCUT2D eigenvalue weighted by molar-refractivity contribution is 5.31. The van der Waals surface area contributed by atoms with Crippen molar-refractivity contribution in [3.63, 3.8) is 0 Å². The minimum absolute atomic E-state index is 0.000897. The minimum atomic E-state index is -0.573. The average Bonchev–Trinajstić information content (AvgIpc) is 3.40. The van der Waals surface area contributed by atoms with Gasteiger partial charge in [-0.3, -0.25) is 0 Å². The molecule has 6 rings (SSSR count). The first-order valence-corrected chi connectivity index (χ1v) is 15.6. The second-order valence-electron chi connectivity index (χ2n) is 14.7. The smallest absolute Gasteiger partial charge is 0.163 e. The predicted molar refractivity (Wildman–Crippen MR) is 149 cm³/mol. The summed E-state index contributed by atoms with van der Waals surface area (Å²) in [6, 6.07) is 6.20. The van der Waals surface area contributed by atoms with E-state index in [2.05, 4.69) is 20.8 Å². The van der Waals surface area contributed by atoms with Gasteiger partial charge >= 0.3 is 0 Å². The molecule has 0 bridgehead atoms. The number of fused-ring (bicyclic) bond motifs is 7. The molecule has 3 saturated carbocycles. The summed E-state index contributed by atoms with van der Waals surface area (Å²) < 4.78 is 42.1. The lowest BCUT2D eigenvalue weighted by Crippen LogP contribution is -2.55. The third-order valence-electron chi connectivity index (χ3n) is 12.2. The second kappa shape index (κ2) is 9.91. The van der Waals surface area contributed by atoms with E-state index in [-0.39, 0.29) is 40.6 Å². The number of allylic oxidation sites excluding steroid dienone is 2. The van der Waals surface area contributed by atoms with Gasteiger partial charge in [-0.2, -0.15) is 0 Å². The lowest BCUT2D eigenvalue weighted by atomic mass is 9.47. The number of hydrogen-bond donors (Lipinski definition) is 1. The lowest BCUT2D eigenvalue weighted by Gasteiger charge is -2.58. The molecule has 216 valence electrons. The number of aliphatic hydroxyl groups excluding tert-OH is 1. The highest BCUT2D eigenvalue weighted by Crippen LogP contribution is 2.69. The van der Waals surface area contributed by atoms with E-state index in [0.29, 0.717) is 36.5 Å². The molecule has 1 aromatic carbocycles. The fraction of sp³-hybridized carbons (Fsp3) is 0.765. The van der Waals surface area contributed by atoms with Crippen molar-refractivity contribution in [2.75, 3.05) is 0 Å². The molecule has 0 spiro atoms. The maximum Gasteiger partial charge on any atom is 0.163 e. The lowest BCUT2D eigenvalue weighted by molar-refractivity contribution is -0.154. The van der Waals surface area contributed by atoms with Gasteiger partial charge in [0.1, 0.15) is 11.6 Å². The number of ether oxygens (including phenoxy) is 2. The van der Waals surface area contributed by atoms with E-state index in [9.17, 15) is 9.50 Å². The summed E-state index contributed by atoms with van der Waals surface area (Å²) >= 11 is 0. The van der Waals surface area contributed by atoms with Gasteiger partial charge in [0, 0.05) is 6.42 Å². The molecular formula is C34H48F2O3. The van der Waals surface area contributed by atoms with Crippen molar-refractivity contribution in [1.29, 1.82) is 0 Å². The summed E-state index contributed by atoms with van der Waals surface area (Å²) in [4.78, 5) is 0. The third kappa shape index (κ3) is 4.63. The second-order valence-corrected chi connectivity index (χ2v) is 14.7. The van der Waals surface area contributed by atoms with Crippen LogP contribution in [0.25, 0.3) is 0 Å². The molecule has 1 heterocycles. The largest absolute Gasteiger partial charge is 0.388 e. The number of hydrogen-bond acceptors (Lipinski definition) is 3. The predicted octanol–water partition coefficient (Wildman–Crippen LogP) is 8.67. The van der Waals surface area contributed by atoms with Crippen molar-refractivity contribution >= 4 is 0 Å². The fourth-order valence-electron chi connectivity index (χ4n) is 10.2. The van der Waals surface area contributed by atoms with Gasteiger partial charge in [0.2, 0.25) is 0 Å². The standard InChI is InChI=1S/C34H48F2O3/c1-20(7-6-8-28(37)21-9-11-22(35)12-10-21)23-13-14-24-30-25(15-17-33(23,24)4)34(5)18-16-29-31(26(34)19-27(30)36)39-32(2,3)38-29/h9-12,20,23-26,28-29,31,37H,6-8,13-19H2,1-5H3/t20-,23-,24+,25+,26+,28?,29+,31-,33-,34-/m1/s1. The Bertz CT molecular complexity index is 1100. The molecule has 0 aromatic heterocycles. The van der Waals surface area contributed by atoms with Crippen molar-refractivity contribution < 1.29 is 23.4 Å². The topological polar surface area (TPSA) is 38.7 Å². The molecule has 1 saturated heterocycles.